The molecule has 9 nitrogen and oxygen atoms in total. The highest BCUT2D eigenvalue weighted by atomic mass is 16.2. The van der Waals surface area contributed by atoms with Crippen LogP contribution >= 0.6 is 0 Å². The lowest BCUT2D eigenvalue weighted by atomic mass is 10.0. The van der Waals surface area contributed by atoms with E-state index in [-0.39, 0.29) is 5.91 Å². The van der Waals surface area contributed by atoms with Gasteiger partial charge in [-0.3, -0.25) is 4.79 Å². The van der Waals surface area contributed by atoms with Crippen molar-refractivity contribution >= 4 is 11.7 Å². The van der Waals surface area contributed by atoms with E-state index >= 15 is 0 Å². The predicted molar refractivity (Wildman–Crippen MR) is 112 cm³/mol. The molecule has 30 heavy (non-hydrogen) atoms. The molecule has 0 N–H and O–H groups in total. The number of carbonyl (C=O) groups is 1. The molecule has 1 amide bonds. The molecule has 1 atom stereocenters. The molecule has 0 saturated carbocycles. The first kappa shape index (κ1) is 19.9. The molecule has 2 aromatic heterocycles. The standard InChI is InChI=1S/C21H26N8O/c1-15-13-20(23-16(2)22-15)27-9-11-28(12-10-27)21(30)19(29-17(3)24-25-26-29)14-18-7-5-4-6-8-18/h4-8,13,19H,9-12,14H2,1-3H3. The maximum absolute atomic E-state index is 13.5. The first-order chi connectivity index (χ1) is 14.5. The Hall–Kier alpha value is -3.36. The van der Waals surface area contributed by atoms with Crippen LogP contribution in [-0.2, 0) is 11.2 Å². The van der Waals surface area contributed by atoms with Gasteiger partial charge in [-0.15, -0.1) is 5.10 Å². The Labute approximate surface area is 175 Å². The van der Waals surface area contributed by atoms with Gasteiger partial charge in [-0.1, -0.05) is 30.3 Å². The lowest BCUT2D eigenvalue weighted by Gasteiger charge is -2.37. The summed E-state index contributed by atoms with van der Waals surface area (Å²) in [5.41, 5.74) is 2.03. The summed E-state index contributed by atoms with van der Waals surface area (Å²) in [6.45, 7) is 8.42. The van der Waals surface area contributed by atoms with Gasteiger partial charge in [0, 0.05) is 44.4 Å². The molecule has 1 unspecified atom stereocenters. The number of nitrogens with zero attached hydrogens (tertiary/aromatic N) is 8. The van der Waals surface area contributed by atoms with E-state index in [0.717, 1.165) is 36.0 Å². The molecule has 3 aromatic rings. The quantitative estimate of drug-likeness (QED) is 0.634. The van der Waals surface area contributed by atoms with Gasteiger partial charge in [-0.05, 0) is 36.8 Å². The van der Waals surface area contributed by atoms with Gasteiger partial charge in [-0.2, -0.15) is 0 Å². The smallest absolute Gasteiger partial charge is 0.248 e. The molecule has 0 bridgehead atoms. The first-order valence-electron chi connectivity index (χ1n) is 10.2. The zero-order valence-electron chi connectivity index (χ0n) is 17.6. The van der Waals surface area contributed by atoms with Gasteiger partial charge >= 0.3 is 0 Å². The Morgan fingerprint density at radius 2 is 1.77 bits per heavy atom. The maximum Gasteiger partial charge on any atom is 0.248 e. The van der Waals surface area contributed by atoms with Crippen molar-refractivity contribution in [2.45, 2.75) is 33.2 Å². The Bertz CT molecular complexity index is 991. The number of hydrogen-bond acceptors (Lipinski definition) is 7. The van der Waals surface area contributed by atoms with E-state index < -0.39 is 6.04 Å². The lowest BCUT2D eigenvalue weighted by Crippen LogP contribution is -2.51. The Kier molecular flexibility index (Phi) is 5.69. The largest absolute Gasteiger partial charge is 0.353 e. The van der Waals surface area contributed by atoms with E-state index in [0.29, 0.717) is 25.3 Å². The number of amides is 1. The summed E-state index contributed by atoms with van der Waals surface area (Å²) in [5, 5.41) is 11.8. The van der Waals surface area contributed by atoms with Crippen LogP contribution in [0.5, 0.6) is 0 Å². The Balaban J connectivity index is 1.49. The predicted octanol–water partition coefficient (Wildman–Crippen LogP) is 1.52. The molecule has 1 fully saturated rings. The van der Waals surface area contributed by atoms with Crippen molar-refractivity contribution in [1.29, 1.82) is 0 Å². The highest BCUT2D eigenvalue weighted by Gasteiger charge is 2.31. The summed E-state index contributed by atoms with van der Waals surface area (Å²) in [4.78, 5) is 26.5. The molecule has 0 radical (unpaired) electrons. The van der Waals surface area contributed by atoms with Gasteiger partial charge in [0.15, 0.2) is 0 Å². The van der Waals surface area contributed by atoms with Gasteiger partial charge in [0.05, 0.1) is 0 Å². The van der Waals surface area contributed by atoms with E-state index in [1.165, 1.54) is 0 Å². The van der Waals surface area contributed by atoms with E-state index in [1.807, 2.05) is 62.1 Å². The van der Waals surface area contributed by atoms with Gasteiger partial charge in [0.1, 0.15) is 23.5 Å². The number of hydrogen-bond donors (Lipinski definition) is 0. The lowest BCUT2D eigenvalue weighted by molar-refractivity contribution is -0.135. The molecule has 9 heteroatoms. The van der Waals surface area contributed by atoms with Crippen LogP contribution in [0.15, 0.2) is 36.4 Å². The number of aromatic nitrogens is 6. The van der Waals surface area contributed by atoms with Crippen molar-refractivity contribution in [3.8, 4) is 0 Å². The number of piperazine rings is 1. The molecular weight excluding hydrogens is 380 g/mol. The highest BCUT2D eigenvalue weighted by Crippen LogP contribution is 2.20. The molecule has 0 spiro atoms. The van der Waals surface area contributed by atoms with Crippen LogP contribution in [0.3, 0.4) is 0 Å². The van der Waals surface area contributed by atoms with E-state index in [1.54, 1.807) is 4.68 Å². The Morgan fingerprint density at radius 1 is 1.03 bits per heavy atom. The molecule has 3 heterocycles. The summed E-state index contributed by atoms with van der Waals surface area (Å²) in [6.07, 6.45) is 0.552. The first-order valence-corrected chi connectivity index (χ1v) is 10.2. The van der Waals surface area contributed by atoms with Gasteiger partial charge in [0.2, 0.25) is 5.91 Å². The number of tetrazole rings is 1. The van der Waals surface area contributed by atoms with Crippen molar-refractivity contribution in [1.82, 2.24) is 35.1 Å². The number of anilines is 1. The molecule has 1 aliphatic rings. The van der Waals surface area contributed by atoms with Gasteiger partial charge in [0.25, 0.3) is 0 Å². The summed E-state index contributed by atoms with van der Waals surface area (Å²) < 4.78 is 1.64. The fourth-order valence-electron chi connectivity index (χ4n) is 3.87. The molecule has 4 rings (SSSR count). The van der Waals surface area contributed by atoms with E-state index in [2.05, 4.69) is 30.4 Å². The number of aryl methyl sites for hydroxylation is 3. The average molecular weight is 406 g/mol. The number of benzene rings is 1. The molecule has 1 aliphatic heterocycles. The second kappa shape index (κ2) is 8.56. The zero-order valence-corrected chi connectivity index (χ0v) is 17.6. The second-order valence-electron chi connectivity index (χ2n) is 7.60. The summed E-state index contributed by atoms with van der Waals surface area (Å²) >= 11 is 0. The van der Waals surface area contributed by atoms with Crippen molar-refractivity contribution in [3.63, 3.8) is 0 Å². The maximum atomic E-state index is 13.5. The van der Waals surface area contributed by atoms with Crippen LogP contribution in [-0.4, -0.2) is 67.2 Å². The molecule has 156 valence electrons. The van der Waals surface area contributed by atoms with Crippen molar-refractivity contribution in [2.75, 3.05) is 31.1 Å². The summed E-state index contributed by atoms with van der Waals surface area (Å²) in [6, 6.07) is 11.5. The minimum absolute atomic E-state index is 0.0453. The van der Waals surface area contributed by atoms with Crippen LogP contribution in [0, 0.1) is 20.8 Å². The van der Waals surface area contributed by atoms with Crippen LogP contribution in [0.25, 0.3) is 0 Å². The fourth-order valence-corrected chi connectivity index (χ4v) is 3.87. The van der Waals surface area contributed by atoms with Crippen LogP contribution in [0.2, 0.25) is 0 Å². The summed E-state index contributed by atoms with van der Waals surface area (Å²) in [5.74, 6) is 2.36. The molecule has 1 saturated heterocycles. The minimum Gasteiger partial charge on any atom is -0.353 e. The SMILES string of the molecule is Cc1cc(N2CCN(C(=O)C(Cc3ccccc3)n3nnnc3C)CC2)nc(C)n1. The normalized spacial score (nSPS) is 15.3. The minimum atomic E-state index is -0.461. The van der Waals surface area contributed by atoms with E-state index in [9.17, 15) is 4.79 Å². The van der Waals surface area contributed by atoms with Gasteiger partial charge in [-0.25, -0.2) is 14.6 Å². The van der Waals surface area contributed by atoms with Crippen LogP contribution < -0.4 is 4.90 Å². The average Bonchev–Trinajstić information content (AvgIpc) is 3.17. The second-order valence-corrected chi connectivity index (χ2v) is 7.60. The van der Waals surface area contributed by atoms with Crippen molar-refractivity contribution < 1.29 is 4.79 Å². The number of carbonyl (C=O) groups excluding carboxylic acids is 1. The topological polar surface area (TPSA) is 92.9 Å². The Morgan fingerprint density at radius 3 is 2.40 bits per heavy atom. The van der Waals surface area contributed by atoms with Crippen LogP contribution in [0.1, 0.15) is 28.9 Å². The zero-order chi connectivity index (χ0) is 21.1. The fraction of sp³-hybridized carbons (Fsp3) is 0.429. The van der Waals surface area contributed by atoms with Crippen molar-refractivity contribution in [3.05, 3.63) is 59.3 Å². The number of rotatable bonds is 5. The molecule has 1 aromatic carbocycles. The van der Waals surface area contributed by atoms with Crippen LogP contribution in [0.4, 0.5) is 5.82 Å². The molecule has 0 aliphatic carbocycles. The van der Waals surface area contributed by atoms with E-state index in [4.69, 9.17) is 0 Å². The molecular formula is C21H26N8O. The third kappa shape index (κ3) is 4.29. The third-order valence-corrected chi connectivity index (χ3v) is 5.38. The van der Waals surface area contributed by atoms with Gasteiger partial charge < -0.3 is 9.80 Å². The summed E-state index contributed by atoms with van der Waals surface area (Å²) in [7, 11) is 0. The highest BCUT2D eigenvalue weighted by molar-refractivity contribution is 5.81. The third-order valence-electron chi connectivity index (χ3n) is 5.38. The monoisotopic (exact) mass is 406 g/mol. The van der Waals surface area contributed by atoms with Crippen molar-refractivity contribution in [2.24, 2.45) is 0 Å².